The van der Waals surface area contributed by atoms with Gasteiger partial charge in [-0.3, -0.25) is 9.48 Å². The van der Waals surface area contributed by atoms with Crippen LogP contribution in [0.1, 0.15) is 48.9 Å². The van der Waals surface area contributed by atoms with Crippen molar-refractivity contribution in [2.45, 2.75) is 52.8 Å². The molecule has 0 aliphatic heterocycles. The quantitative estimate of drug-likeness (QED) is 0.617. The molecule has 1 N–H and O–H groups in total. The lowest BCUT2D eigenvalue weighted by Gasteiger charge is -2.18. The zero-order valence-corrected chi connectivity index (χ0v) is 17.6. The molecule has 2 aromatic carbocycles. The maximum Gasteiger partial charge on any atom is 0.261 e. The van der Waals surface area contributed by atoms with Crippen molar-refractivity contribution in [2.24, 2.45) is 0 Å². The minimum atomic E-state index is -0.575. The smallest absolute Gasteiger partial charge is 0.261 e. The van der Waals surface area contributed by atoms with Gasteiger partial charge in [0.2, 0.25) is 0 Å². The highest BCUT2D eigenvalue weighted by atomic mass is 16.5. The molecule has 0 spiro atoms. The summed E-state index contributed by atoms with van der Waals surface area (Å²) in [6.07, 6.45) is 3.12. The summed E-state index contributed by atoms with van der Waals surface area (Å²) >= 11 is 0. The van der Waals surface area contributed by atoms with Crippen molar-refractivity contribution in [1.29, 1.82) is 0 Å². The predicted molar refractivity (Wildman–Crippen MR) is 115 cm³/mol. The Kier molecular flexibility index (Phi) is 6.70. The molecule has 1 amide bonds. The molecule has 0 bridgehead atoms. The molecule has 5 nitrogen and oxygen atoms in total. The summed E-state index contributed by atoms with van der Waals surface area (Å²) in [6, 6.07) is 16.2. The van der Waals surface area contributed by atoms with Crippen LogP contribution in [0.25, 0.3) is 0 Å². The number of carbonyl (C=O) groups excluding carboxylic acids is 1. The summed E-state index contributed by atoms with van der Waals surface area (Å²) in [5.41, 5.74) is 4.43. The average Bonchev–Trinajstić information content (AvgIpc) is 3.21. The average molecular weight is 392 g/mol. The third-order valence-electron chi connectivity index (χ3n) is 5.01. The van der Waals surface area contributed by atoms with Crippen LogP contribution >= 0.6 is 0 Å². The maximum absolute atomic E-state index is 12.6. The Balaban J connectivity index is 1.62. The lowest BCUT2D eigenvalue weighted by atomic mass is 10.0. The van der Waals surface area contributed by atoms with Gasteiger partial charge in [0.1, 0.15) is 5.75 Å². The SMILES string of the molecule is Cc1ccc(C(C)C)cc1OC(C)C(=O)NCc1ccccc1Cn1cccn1. The molecule has 0 aliphatic carbocycles. The fourth-order valence-electron chi connectivity index (χ4n) is 3.13. The van der Waals surface area contributed by atoms with E-state index in [0.717, 1.165) is 22.4 Å². The fourth-order valence-corrected chi connectivity index (χ4v) is 3.13. The Morgan fingerprint density at radius 3 is 2.55 bits per heavy atom. The van der Waals surface area contributed by atoms with Crippen LogP contribution in [-0.2, 0) is 17.9 Å². The van der Waals surface area contributed by atoms with E-state index in [1.807, 2.05) is 54.2 Å². The molecule has 3 aromatic rings. The van der Waals surface area contributed by atoms with Gasteiger partial charge in [-0.15, -0.1) is 0 Å². The van der Waals surface area contributed by atoms with Crippen LogP contribution in [0.3, 0.4) is 0 Å². The molecule has 1 unspecified atom stereocenters. The van der Waals surface area contributed by atoms with Crippen molar-refractivity contribution in [2.75, 3.05) is 0 Å². The van der Waals surface area contributed by atoms with Gasteiger partial charge < -0.3 is 10.1 Å². The second kappa shape index (κ2) is 9.41. The van der Waals surface area contributed by atoms with E-state index < -0.39 is 6.10 Å². The second-order valence-electron chi connectivity index (χ2n) is 7.63. The van der Waals surface area contributed by atoms with Gasteiger partial charge in [-0.05, 0) is 54.2 Å². The van der Waals surface area contributed by atoms with Crippen LogP contribution in [0, 0.1) is 6.92 Å². The molecule has 3 rings (SSSR count). The highest BCUT2D eigenvalue weighted by Crippen LogP contribution is 2.25. The molecule has 1 atom stereocenters. The van der Waals surface area contributed by atoms with E-state index in [-0.39, 0.29) is 5.91 Å². The van der Waals surface area contributed by atoms with Crippen LogP contribution in [0.2, 0.25) is 0 Å². The Morgan fingerprint density at radius 1 is 1.10 bits per heavy atom. The first-order valence-electron chi connectivity index (χ1n) is 10.0. The molecule has 1 heterocycles. The number of benzene rings is 2. The summed E-state index contributed by atoms with van der Waals surface area (Å²) in [4.78, 5) is 12.6. The van der Waals surface area contributed by atoms with E-state index in [1.165, 1.54) is 5.56 Å². The number of nitrogens with zero attached hydrogens (tertiary/aromatic N) is 2. The number of carbonyl (C=O) groups is 1. The van der Waals surface area contributed by atoms with Crippen molar-refractivity contribution < 1.29 is 9.53 Å². The van der Waals surface area contributed by atoms with Gasteiger partial charge in [0.25, 0.3) is 5.91 Å². The number of hydrogen-bond acceptors (Lipinski definition) is 3. The zero-order chi connectivity index (χ0) is 20.8. The van der Waals surface area contributed by atoms with E-state index >= 15 is 0 Å². The first-order valence-corrected chi connectivity index (χ1v) is 10.0. The normalized spacial score (nSPS) is 12.0. The van der Waals surface area contributed by atoms with Crippen molar-refractivity contribution in [3.63, 3.8) is 0 Å². The van der Waals surface area contributed by atoms with Gasteiger partial charge in [0.15, 0.2) is 6.10 Å². The Morgan fingerprint density at radius 2 is 1.86 bits per heavy atom. The molecular weight excluding hydrogens is 362 g/mol. The maximum atomic E-state index is 12.6. The molecule has 5 heteroatoms. The zero-order valence-electron chi connectivity index (χ0n) is 17.6. The second-order valence-corrected chi connectivity index (χ2v) is 7.63. The molecule has 152 valence electrons. The highest BCUT2D eigenvalue weighted by molar-refractivity contribution is 5.80. The van der Waals surface area contributed by atoms with Crippen LogP contribution < -0.4 is 10.1 Å². The summed E-state index contributed by atoms with van der Waals surface area (Å²) in [6.45, 7) is 9.19. The van der Waals surface area contributed by atoms with Crippen molar-refractivity contribution in [1.82, 2.24) is 15.1 Å². The van der Waals surface area contributed by atoms with Crippen LogP contribution in [-0.4, -0.2) is 21.8 Å². The molecule has 0 saturated heterocycles. The predicted octanol–water partition coefficient (Wildman–Crippen LogP) is 4.45. The molecule has 0 saturated carbocycles. The molecule has 29 heavy (non-hydrogen) atoms. The Labute approximate surface area is 172 Å². The van der Waals surface area contributed by atoms with Gasteiger partial charge in [0, 0.05) is 18.9 Å². The number of hydrogen-bond donors (Lipinski definition) is 1. The van der Waals surface area contributed by atoms with Gasteiger partial charge in [-0.1, -0.05) is 50.2 Å². The van der Waals surface area contributed by atoms with E-state index in [0.29, 0.717) is 19.0 Å². The third kappa shape index (κ3) is 5.47. The summed E-state index contributed by atoms with van der Waals surface area (Å²) in [7, 11) is 0. The largest absolute Gasteiger partial charge is 0.481 e. The molecule has 1 aromatic heterocycles. The minimum Gasteiger partial charge on any atom is -0.481 e. The molecule has 0 aliphatic rings. The van der Waals surface area contributed by atoms with Gasteiger partial charge in [-0.25, -0.2) is 0 Å². The lowest BCUT2D eigenvalue weighted by molar-refractivity contribution is -0.127. The first kappa shape index (κ1) is 20.6. The fraction of sp³-hybridized carbons (Fsp3) is 0.333. The topological polar surface area (TPSA) is 56.1 Å². The number of aryl methyl sites for hydroxylation is 1. The van der Waals surface area contributed by atoms with Crippen LogP contribution in [0.4, 0.5) is 0 Å². The summed E-state index contributed by atoms with van der Waals surface area (Å²) in [5.74, 6) is 1.04. The molecule has 0 fully saturated rings. The Hall–Kier alpha value is -3.08. The van der Waals surface area contributed by atoms with E-state index in [2.05, 4.69) is 36.4 Å². The number of ether oxygens (including phenoxy) is 1. The van der Waals surface area contributed by atoms with Crippen LogP contribution in [0.15, 0.2) is 60.9 Å². The third-order valence-corrected chi connectivity index (χ3v) is 5.01. The summed E-state index contributed by atoms with van der Waals surface area (Å²) < 4.78 is 7.85. The van der Waals surface area contributed by atoms with Crippen molar-refractivity contribution >= 4 is 5.91 Å². The minimum absolute atomic E-state index is 0.131. The number of amides is 1. The lowest BCUT2D eigenvalue weighted by Crippen LogP contribution is -2.36. The first-order chi connectivity index (χ1) is 13.9. The Bertz CT molecular complexity index is 949. The van der Waals surface area contributed by atoms with E-state index in [4.69, 9.17) is 4.74 Å². The van der Waals surface area contributed by atoms with Gasteiger partial charge in [0.05, 0.1) is 6.54 Å². The van der Waals surface area contributed by atoms with Crippen LogP contribution in [0.5, 0.6) is 5.75 Å². The number of aromatic nitrogens is 2. The standard InChI is InChI=1S/C24H29N3O2/c1-17(2)20-11-10-18(3)23(14-20)29-19(4)24(28)25-15-21-8-5-6-9-22(21)16-27-13-7-12-26-27/h5-14,17,19H,15-16H2,1-4H3,(H,25,28). The molecule has 0 radical (unpaired) electrons. The van der Waals surface area contributed by atoms with Crippen molar-refractivity contribution in [3.8, 4) is 5.75 Å². The van der Waals surface area contributed by atoms with Gasteiger partial charge >= 0.3 is 0 Å². The van der Waals surface area contributed by atoms with Crippen molar-refractivity contribution in [3.05, 3.63) is 83.2 Å². The number of rotatable bonds is 8. The highest BCUT2D eigenvalue weighted by Gasteiger charge is 2.16. The van der Waals surface area contributed by atoms with E-state index in [1.54, 1.807) is 13.1 Å². The number of nitrogens with one attached hydrogen (secondary N) is 1. The summed E-state index contributed by atoms with van der Waals surface area (Å²) in [5, 5.41) is 7.26. The van der Waals surface area contributed by atoms with E-state index in [9.17, 15) is 4.79 Å². The van der Waals surface area contributed by atoms with Gasteiger partial charge in [-0.2, -0.15) is 5.10 Å². The monoisotopic (exact) mass is 391 g/mol. The molecular formula is C24H29N3O2.